The number of hydrogen-bond acceptors (Lipinski definition) is 8. The fourth-order valence-corrected chi connectivity index (χ4v) is 4.89. The van der Waals surface area contributed by atoms with Crippen molar-refractivity contribution in [1.82, 2.24) is 14.5 Å². The lowest BCUT2D eigenvalue weighted by Gasteiger charge is -2.18. The van der Waals surface area contributed by atoms with E-state index in [2.05, 4.69) is 15.1 Å². The molecule has 0 amide bonds. The van der Waals surface area contributed by atoms with E-state index in [0.717, 1.165) is 16.3 Å². The first-order chi connectivity index (χ1) is 12.8. The number of anilines is 2. The van der Waals surface area contributed by atoms with Crippen LogP contribution in [0, 0.1) is 0 Å². The third kappa shape index (κ3) is 4.66. The molecule has 3 heterocycles. The molecule has 0 aromatic carbocycles. The summed E-state index contributed by atoms with van der Waals surface area (Å²) in [7, 11) is -4.26. The van der Waals surface area contributed by atoms with E-state index in [1.807, 2.05) is 0 Å². The number of hydrogen-bond donors (Lipinski definition) is 4. The summed E-state index contributed by atoms with van der Waals surface area (Å²) in [4.78, 5) is 29.1. The average molecular weight is 417 g/mol. The van der Waals surface area contributed by atoms with Gasteiger partial charge in [0.2, 0.25) is 0 Å². The summed E-state index contributed by atoms with van der Waals surface area (Å²) in [5.41, 5.74) is 4.92. The number of rotatable bonds is 6. The summed E-state index contributed by atoms with van der Waals surface area (Å²) in [5.74, 6) is -0.00205. The van der Waals surface area contributed by atoms with E-state index in [1.54, 1.807) is 6.07 Å². The predicted octanol–water partition coefficient (Wildman–Crippen LogP) is 0.763. The van der Waals surface area contributed by atoms with Crippen LogP contribution in [0.2, 0.25) is 0 Å². The van der Waals surface area contributed by atoms with E-state index in [1.165, 1.54) is 30.7 Å². The van der Waals surface area contributed by atoms with Gasteiger partial charge in [0.1, 0.15) is 17.3 Å². The second kappa shape index (κ2) is 7.95. The number of aliphatic hydroxyl groups excluding tert-OH is 1. The highest BCUT2D eigenvalue weighted by Crippen LogP contribution is 2.47. The van der Waals surface area contributed by atoms with Crippen LogP contribution in [0.3, 0.4) is 0 Å². The van der Waals surface area contributed by atoms with E-state index in [4.69, 9.17) is 10.3 Å². The Bertz CT molecular complexity index is 903. The fraction of sp³-hybridized carbons (Fsp3) is 0.357. The molecule has 1 fully saturated rings. The molecule has 0 aliphatic carbocycles. The Morgan fingerprint density at radius 3 is 2.93 bits per heavy atom. The highest BCUT2D eigenvalue weighted by Gasteiger charge is 2.46. The van der Waals surface area contributed by atoms with E-state index in [-0.39, 0.29) is 11.5 Å². The molecule has 27 heavy (non-hydrogen) atoms. The van der Waals surface area contributed by atoms with Crippen LogP contribution in [0.25, 0.3) is 0 Å². The standard InChI is InChI=1S/C14H17FN5O5PS/c15-11-12(21)9(27-13(11)20-5-3-10(16)18-14(20)22)7-25-26(23,24)19-8-2-1-4-17-6-8/h1-6,9,11-13,21H,7H2,(H2,16,18,22)(H2,19,23,24)/t9-,11+,12-,13-/m1/s1. The maximum absolute atomic E-state index is 14.5. The highest BCUT2D eigenvalue weighted by molar-refractivity contribution is 8.00. The van der Waals surface area contributed by atoms with Crippen molar-refractivity contribution in [3.63, 3.8) is 0 Å². The fourth-order valence-electron chi connectivity index (χ4n) is 2.48. The number of nitrogens with two attached hydrogens (primary N) is 1. The molecule has 0 bridgehead atoms. The van der Waals surface area contributed by atoms with Crippen molar-refractivity contribution >= 4 is 31.0 Å². The molecule has 1 saturated heterocycles. The molecular formula is C14H17FN5O5PS. The number of nitrogens with one attached hydrogen (secondary N) is 1. The van der Waals surface area contributed by atoms with Crippen LogP contribution in [0.1, 0.15) is 5.37 Å². The maximum Gasteiger partial charge on any atom is 0.430 e. The lowest BCUT2D eigenvalue weighted by molar-refractivity contribution is 0.0646. The minimum Gasteiger partial charge on any atom is -0.389 e. The minimum atomic E-state index is -4.26. The summed E-state index contributed by atoms with van der Waals surface area (Å²) in [6.07, 6.45) is 0.819. The topological polar surface area (TPSA) is 153 Å². The van der Waals surface area contributed by atoms with E-state index in [9.17, 15) is 23.7 Å². The first-order valence-electron chi connectivity index (χ1n) is 7.75. The third-order valence-electron chi connectivity index (χ3n) is 3.77. The van der Waals surface area contributed by atoms with E-state index in [0.29, 0.717) is 0 Å². The van der Waals surface area contributed by atoms with Gasteiger partial charge in [-0.3, -0.25) is 19.2 Å². The third-order valence-corrected chi connectivity index (χ3v) is 6.34. The largest absolute Gasteiger partial charge is 0.430 e. The maximum atomic E-state index is 14.5. The molecule has 0 saturated carbocycles. The minimum absolute atomic E-state index is 0.00205. The number of alkyl halides is 1. The Balaban J connectivity index is 1.65. The number of nitrogen functional groups attached to an aromatic ring is 1. The number of nitrogens with zero attached hydrogens (tertiary/aromatic N) is 3. The number of aliphatic hydroxyl groups is 1. The first-order valence-corrected chi connectivity index (χ1v) is 10.3. The normalized spacial score (nSPS) is 27.2. The smallest absolute Gasteiger partial charge is 0.389 e. The van der Waals surface area contributed by atoms with Gasteiger partial charge in [0.25, 0.3) is 0 Å². The van der Waals surface area contributed by atoms with Gasteiger partial charge in [-0.05, 0) is 18.2 Å². The Labute approximate surface area is 157 Å². The van der Waals surface area contributed by atoms with Gasteiger partial charge in [0, 0.05) is 12.4 Å². The van der Waals surface area contributed by atoms with E-state index < -0.39 is 42.9 Å². The van der Waals surface area contributed by atoms with Crippen molar-refractivity contribution in [3.05, 3.63) is 47.3 Å². The summed E-state index contributed by atoms with van der Waals surface area (Å²) < 4.78 is 32.6. The van der Waals surface area contributed by atoms with Crippen LogP contribution >= 0.6 is 19.5 Å². The molecule has 0 spiro atoms. The van der Waals surface area contributed by atoms with Crippen LogP contribution in [-0.2, 0) is 9.09 Å². The monoisotopic (exact) mass is 417 g/mol. The molecule has 1 aliphatic heterocycles. The van der Waals surface area contributed by atoms with E-state index >= 15 is 0 Å². The second-order valence-electron chi connectivity index (χ2n) is 5.71. The molecule has 13 heteroatoms. The van der Waals surface area contributed by atoms with Gasteiger partial charge in [0.05, 0.1) is 23.7 Å². The van der Waals surface area contributed by atoms with Crippen molar-refractivity contribution in [2.24, 2.45) is 0 Å². The van der Waals surface area contributed by atoms with Crippen molar-refractivity contribution in [1.29, 1.82) is 0 Å². The number of thioether (sulfide) groups is 1. The van der Waals surface area contributed by atoms with Crippen LogP contribution in [0.5, 0.6) is 0 Å². The van der Waals surface area contributed by atoms with Crippen molar-refractivity contribution < 1.29 is 23.5 Å². The Hall–Kier alpha value is -1.98. The van der Waals surface area contributed by atoms with Gasteiger partial charge in [-0.1, -0.05) is 0 Å². The van der Waals surface area contributed by atoms with Gasteiger partial charge in [0.15, 0.2) is 6.17 Å². The highest BCUT2D eigenvalue weighted by atomic mass is 32.2. The molecule has 5 atom stereocenters. The summed E-state index contributed by atoms with van der Waals surface area (Å²) >= 11 is 0.907. The van der Waals surface area contributed by atoms with Crippen molar-refractivity contribution in [2.45, 2.75) is 22.9 Å². The van der Waals surface area contributed by atoms with Gasteiger partial charge in [-0.15, -0.1) is 11.8 Å². The Kier molecular flexibility index (Phi) is 5.82. The second-order valence-corrected chi connectivity index (χ2v) is 8.60. The van der Waals surface area contributed by atoms with Gasteiger partial charge in [-0.25, -0.2) is 13.8 Å². The molecule has 3 rings (SSSR count). The first kappa shape index (κ1) is 19.8. The van der Waals surface area contributed by atoms with Crippen LogP contribution in [0.4, 0.5) is 15.9 Å². The van der Waals surface area contributed by atoms with Crippen LogP contribution in [-0.4, -0.2) is 48.7 Å². The van der Waals surface area contributed by atoms with Crippen molar-refractivity contribution in [2.75, 3.05) is 17.4 Å². The molecule has 10 nitrogen and oxygen atoms in total. The lowest BCUT2D eigenvalue weighted by atomic mass is 10.1. The SMILES string of the molecule is Nc1ccn([C@@H]2S[C@H](COP(=O)(O)Nc3cccnc3)[C@@H](O)[C@@H]2F)c(=O)n1. The van der Waals surface area contributed by atoms with Crippen LogP contribution in [0.15, 0.2) is 41.6 Å². The number of aromatic nitrogens is 3. The zero-order chi connectivity index (χ0) is 19.6. The summed E-state index contributed by atoms with van der Waals surface area (Å²) in [6, 6.07) is 4.42. The molecule has 1 unspecified atom stereocenters. The van der Waals surface area contributed by atoms with Crippen molar-refractivity contribution in [3.8, 4) is 0 Å². The predicted molar refractivity (Wildman–Crippen MR) is 97.9 cm³/mol. The Morgan fingerprint density at radius 2 is 2.26 bits per heavy atom. The summed E-state index contributed by atoms with van der Waals surface area (Å²) in [6.45, 7) is -0.416. The zero-order valence-corrected chi connectivity index (χ0v) is 15.5. The quantitative estimate of drug-likeness (QED) is 0.496. The number of halogens is 1. The molecular weight excluding hydrogens is 400 g/mol. The Morgan fingerprint density at radius 1 is 1.48 bits per heavy atom. The molecule has 146 valence electrons. The summed E-state index contributed by atoms with van der Waals surface area (Å²) in [5, 5.41) is 10.4. The lowest BCUT2D eigenvalue weighted by Crippen LogP contribution is -2.33. The van der Waals surface area contributed by atoms with Gasteiger partial charge >= 0.3 is 13.4 Å². The average Bonchev–Trinajstić information content (AvgIpc) is 2.89. The zero-order valence-electron chi connectivity index (χ0n) is 13.8. The molecule has 2 aromatic heterocycles. The molecule has 0 radical (unpaired) electrons. The van der Waals surface area contributed by atoms with Gasteiger partial charge in [-0.2, -0.15) is 4.98 Å². The van der Waals surface area contributed by atoms with Gasteiger partial charge < -0.3 is 15.7 Å². The van der Waals surface area contributed by atoms with Crippen LogP contribution < -0.4 is 16.5 Å². The number of pyridine rings is 1. The molecule has 1 aliphatic rings. The molecule has 5 N–H and O–H groups in total. The molecule has 2 aromatic rings.